The second-order valence-electron chi connectivity index (χ2n) is 13.6. The smallest absolute Gasteiger partial charge is 0.328 e. The van der Waals surface area contributed by atoms with Gasteiger partial charge in [0.1, 0.15) is 55.3 Å². The van der Waals surface area contributed by atoms with E-state index >= 15 is 0 Å². The van der Waals surface area contributed by atoms with Crippen molar-refractivity contribution in [3.8, 4) is 0 Å². The highest BCUT2D eigenvalue weighted by Gasteiger charge is 2.56. The standard InChI is InChI=1S/C37H50Cl3N3O17/c1-17(33(49)51-7)41-32(48)18(2)55-30-26(42-19(3)44)34(52-8)58-24(15-53-14-23-12-10-9-11-13-23)29(30)60-35-27(43-36(50)37(38,39)40)31(57-22(6)47)28(56-21(5)46)25(59-35)16-54-20(4)45/h9-13,17-18,24-31,34-35H,14-16H2,1-8H3,(H,41,48)(H,42,44)(H,43,50)/t17-,18+,24+,25+,26+,27+,28+,29+,30+,31+,34+,35-/m0/s1. The molecule has 0 unspecified atom stereocenters. The highest BCUT2D eigenvalue weighted by molar-refractivity contribution is 6.76. The predicted molar refractivity (Wildman–Crippen MR) is 207 cm³/mol. The number of carbonyl (C=O) groups is 7. The molecular formula is C37H50Cl3N3O17. The monoisotopic (exact) mass is 913 g/mol. The Balaban J connectivity index is 2.23. The van der Waals surface area contributed by atoms with E-state index in [0.717, 1.165) is 33.4 Å². The van der Waals surface area contributed by atoms with Crippen molar-refractivity contribution in [3.05, 3.63) is 35.9 Å². The van der Waals surface area contributed by atoms with E-state index in [1.54, 1.807) is 12.1 Å². The molecule has 60 heavy (non-hydrogen) atoms. The molecular weight excluding hydrogens is 865 g/mol. The van der Waals surface area contributed by atoms with Crippen LogP contribution in [0.4, 0.5) is 0 Å². The van der Waals surface area contributed by atoms with Gasteiger partial charge in [0.2, 0.25) is 11.8 Å². The maximum atomic E-state index is 13.4. The van der Waals surface area contributed by atoms with E-state index in [4.69, 9.17) is 82.2 Å². The Bertz CT molecular complexity index is 1650. The second-order valence-corrected chi connectivity index (χ2v) is 15.9. The highest BCUT2D eigenvalue weighted by atomic mass is 35.6. The average molecular weight is 915 g/mol. The van der Waals surface area contributed by atoms with Gasteiger partial charge in [-0.05, 0) is 19.4 Å². The number of halogens is 3. The minimum atomic E-state index is -2.61. The van der Waals surface area contributed by atoms with Crippen molar-refractivity contribution in [1.29, 1.82) is 0 Å². The van der Waals surface area contributed by atoms with Gasteiger partial charge in [0.25, 0.3) is 9.70 Å². The Morgan fingerprint density at radius 3 is 1.88 bits per heavy atom. The van der Waals surface area contributed by atoms with Crippen molar-refractivity contribution < 1.29 is 80.9 Å². The molecule has 1 aromatic rings. The summed E-state index contributed by atoms with van der Waals surface area (Å²) in [5.74, 6) is -5.96. The summed E-state index contributed by atoms with van der Waals surface area (Å²) in [5.41, 5.74) is 0.780. The third-order valence-corrected chi connectivity index (χ3v) is 9.35. The molecule has 23 heteroatoms. The first kappa shape index (κ1) is 50.5. The summed E-state index contributed by atoms with van der Waals surface area (Å²) in [6, 6.07) is 5.01. The largest absolute Gasteiger partial charge is 0.467 e. The van der Waals surface area contributed by atoms with Gasteiger partial charge in [-0.2, -0.15) is 0 Å². The van der Waals surface area contributed by atoms with Crippen LogP contribution in [0.3, 0.4) is 0 Å². The van der Waals surface area contributed by atoms with Gasteiger partial charge in [-0.25, -0.2) is 4.79 Å². The molecule has 0 bridgehead atoms. The molecule has 0 aromatic heterocycles. The van der Waals surface area contributed by atoms with E-state index in [9.17, 15) is 33.6 Å². The summed E-state index contributed by atoms with van der Waals surface area (Å²) in [5, 5.41) is 7.60. The SMILES string of the molecule is COC(=O)[C@H](C)NC(=O)[C@@H](C)O[C@@H]1[C@@H](NC(C)=O)[C@H](OC)O[C@H](COCc2ccccc2)[C@H]1O[C@@H]1O[C@H](COC(C)=O)[C@@H](OC(C)=O)[C@H](OC(C)=O)[C@H]1NC(=O)C(Cl)(Cl)Cl. The molecule has 2 heterocycles. The third-order valence-electron chi connectivity index (χ3n) is 8.83. The molecule has 0 spiro atoms. The van der Waals surface area contributed by atoms with E-state index in [2.05, 4.69) is 16.0 Å². The molecule has 0 saturated carbocycles. The molecule has 336 valence electrons. The summed E-state index contributed by atoms with van der Waals surface area (Å²) >= 11 is 17.8. The quantitative estimate of drug-likeness (QED) is 0.105. The molecule has 2 saturated heterocycles. The lowest BCUT2D eigenvalue weighted by Crippen LogP contribution is -2.71. The lowest BCUT2D eigenvalue weighted by atomic mass is 9.93. The maximum Gasteiger partial charge on any atom is 0.328 e. The first-order valence-corrected chi connectivity index (χ1v) is 19.6. The molecule has 12 atom stereocenters. The Kier molecular flexibility index (Phi) is 19.7. The lowest BCUT2D eigenvalue weighted by molar-refractivity contribution is -0.337. The molecule has 1 aromatic carbocycles. The van der Waals surface area contributed by atoms with Crippen LogP contribution in [0.25, 0.3) is 0 Å². The molecule has 2 fully saturated rings. The van der Waals surface area contributed by atoms with Crippen LogP contribution in [0.15, 0.2) is 30.3 Å². The van der Waals surface area contributed by atoms with Gasteiger partial charge in [-0.3, -0.25) is 28.8 Å². The maximum absolute atomic E-state index is 13.4. The van der Waals surface area contributed by atoms with E-state index in [-0.39, 0.29) is 13.2 Å². The normalized spacial score (nSPS) is 27.6. The fraction of sp³-hybridized carbons (Fsp3) is 0.649. The zero-order valence-electron chi connectivity index (χ0n) is 34.0. The summed E-state index contributed by atoms with van der Waals surface area (Å²) < 4.78 is 55.7. The first-order valence-electron chi connectivity index (χ1n) is 18.4. The van der Waals surface area contributed by atoms with Crippen LogP contribution in [-0.2, 0) is 87.5 Å². The Morgan fingerprint density at radius 2 is 1.33 bits per heavy atom. The molecule has 2 aliphatic rings. The third kappa shape index (κ3) is 14.9. The first-order chi connectivity index (χ1) is 28.2. The van der Waals surface area contributed by atoms with Crippen molar-refractivity contribution in [1.82, 2.24) is 16.0 Å². The number of nitrogens with one attached hydrogen (secondary N) is 3. The summed E-state index contributed by atoms with van der Waals surface area (Å²) in [6.45, 7) is 6.32. The molecule has 3 rings (SSSR count). The lowest BCUT2D eigenvalue weighted by Gasteiger charge is -2.50. The number of hydrogen-bond acceptors (Lipinski definition) is 17. The summed E-state index contributed by atoms with van der Waals surface area (Å²) in [6.07, 6.45) is -13.4. The Labute approximate surface area is 361 Å². The number of benzene rings is 1. The van der Waals surface area contributed by atoms with Gasteiger partial charge < -0.3 is 63.3 Å². The van der Waals surface area contributed by atoms with E-state index in [0.29, 0.717) is 0 Å². The Hall–Kier alpha value is -3.86. The Morgan fingerprint density at radius 1 is 0.750 bits per heavy atom. The average Bonchev–Trinajstić information content (AvgIpc) is 3.16. The highest BCUT2D eigenvalue weighted by Crippen LogP contribution is 2.35. The van der Waals surface area contributed by atoms with Crippen molar-refractivity contribution in [3.63, 3.8) is 0 Å². The molecule has 20 nitrogen and oxygen atoms in total. The number of ether oxygens (including phenoxy) is 10. The minimum absolute atomic E-state index is 0.0703. The van der Waals surface area contributed by atoms with Gasteiger partial charge in [-0.15, -0.1) is 0 Å². The molecule has 3 N–H and O–H groups in total. The predicted octanol–water partition coefficient (Wildman–Crippen LogP) is 0.922. The van der Waals surface area contributed by atoms with Crippen molar-refractivity contribution >= 4 is 76.4 Å². The van der Waals surface area contributed by atoms with Crippen LogP contribution < -0.4 is 16.0 Å². The van der Waals surface area contributed by atoms with Gasteiger partial charge >= 0.3 is 23.9 Å². The van der Waals surface area contributed by atoms with Crippen LogP contribution >= 0.6 is 34.8 Å². The zero-order valence-corrected chi connectivity index (χ0v) is 36.3. The van der Waals surface area contributed by atoms with Crippen LogP contribution in [0.2, 0.25) is 0 Å². The molecule has 0 aliphatic carbocycles. The van der Waals surface area contributed by atoms with Crippen molar-refractivity contribution in [2.24, 2.45) is 0 Å². The number of esters is 4. The van der Waals surface area contributed by atoms with E-state index in [1.807, 2.05) is 18.2 Å². The second kappa shape index (κ2) is 23.4. The van der Waals surface area contributed by atoms with Crippen LogP contribution in [-0.4, -0.2) is 146 Å². The number of alkyl halides is 3. The number of carbonyl (C=O) groups excluding carboxylic acids is 7. The molecule has 3 amide bonds. The molecule has 2 aliphatic heterocycles. The topological polar surface area (TPSA) is 248 Å². The van der Waals surface area contributed by atoms with Crippen LogP contribution in [0, 0.1) is 0 Å². The summed E-state index contributed by atoms with van der Waals surface area (Å²) in [4.78, 5) is 88.6. The number of amides is 3. The fourth-order valence-corrected chi connectivity index (χ4v) is 6.41. The number of methoxy groups -OCH3 is 2. The van der Waals surface area contributed by atoms with Gasteiger partial charge in [0, 0.05) is 34.8 Å². The van der Waals surface area contributed by atoms with E-state index in [1.165, 1.54) is 27.9 Å². The number of hydrogen-bond donors (Lipinski definition) is 3. The molecule has 0 radical (unpaired) electrons. The van der Waals surface area contributed by atoms with Crippen molar-refractivity contribution in [2.75, 3.05) is 27.4 Å². The van der Waals surface area contributed by atoms with Crippen LogP contribution in [0.1, 0.15) is 47.1 Å². The van der Waals surface area contributed by atoms with E-state index < -0.39 is 125 Å². The van der Waals surface area contributed by atoms with Crippen LogP contribution in [0.5, 0.6) is 0 Å². The van der Waals surface area contributed by atoms with Crippen molar-refractivity contribution in [2.45, 2.75) is 125 Å². The summed E-state index contributed by atoms with van der Waals surface area (Å²) in [7, 11) is 2.43. The van der Waals surface area contributed by atoms with Gasteiger partial charge in [-0.1, -0.05) is 65.1 Å². The zero-order chi connectivity index (χ0) is 44.9. The number of rotatable bonds is 18. The fourth-order valence-electron chi connectivity index (χ4n) is 6.24. The minimum Gasteiger partial charge on any atom is -0.467 e. The van der Waals surface area contributed by atoms with Gasteiger partial charge in [0.05, 0.1) is 20.3 Å². The van der Waals surface area contributed by atoms with Gasteiger partial charge in [0.15, 0.2) is 24.8 Å².